The summed E-state index contributed by atoms with van der Waals surface area (Å²) < 4.78 is 5.95. The van der Waals surface area contributed by atoms with Crippen molar-refractivity contribution in [1.82, 2.24) is 0 Å². The molecule has 0 spiro atoms. The topological polar surface area (TPSA) is 26.3 Å². The standard InChI is InChI=1S/C18H26O2/c1-4-20-18(12-10-17(2,3)11-13-18)16(19)14-15-8-6-5-7-9-15/h5-9H,4,10-14H2,1-3H3. The number of carbonyl (C=O) groups is 1. The first-order valence-electron chi connectivity index (χ1n) is 7.69. The SMILES string of the molecule is CCOC1(C(=O)Cc2ccccc2)CCC(C)(C)CC1. The summed E-state index contributed by atoms with van der Waals surface area (Å²) in [6, 6.07) is 9.99. The molecule has 20 heavy (non-hydrogen) atoms. The van der Waals surface area contributed by atoms with E-state index in [1.165, 1.54) is 0 Å². The van der Waals surface area contributed by atoms with Crippen molar-refractivity contribution in [2.75, 3.05) is 6.61 Å². The largest absolute Gasteiger partial charge is 0.367 e. The molecule has 0 saturated heterocycles. The van der Waals surface area contributed by atoms with E-state index in [1.807, 2.05) is 37.3 Å². The van der Waals surface area contributed by atoms with E-state index in [0.29, 0.717) is 18.4 Å². The summed E-state index contributed by atoms with van der Waals surface area (Å²) in [4.78, 5) is 12.8. The molecule has 0 aromatic heterocycles. The van der Waals surface area contributed by atoms with Gasteiger partial charge in [0.15, 0.2) is 5.78 Å². The van der Waals surface area contributed by atoms with Crippen LogP contribution in [-0.4, -0.2) is 18.0 Å². The maximum atomic E-state index is 12.8. The van der Waals surface area contributed by atoms with Crippen LogP contribution in [0.1, 0.15) is 52.0 Å². The van der Waals surface area contributed by atoms with Gasteiger partial charge in [-0.1, -0.05) is 44.2 Å². The molecule has 1 aromatic rings. The zero-order chi connectivity index (χ0) is 14.6. The summed E-state index contributed by atoms with van der Waals surface area (Å²) in [7, 11) is 0. The number of ketones is 1. The Morgan fingerprint density at radius 2 is 1.70 bits per heavy atom. The van der Waals surface area contributed by atoms with Gasteiger partial charge < -0.3 is 4.74 Å². The lowest BCUT2D eigenvalue weighted by atomic mass is 9.69. The first kappa shape index (κ1) is 15.2. The van der Waals surface area contributed by atoms with Gasteiger partial charge in [0.2, 0.25) is 0 Å². The highest BCUT2D eigenvalue weighted by molar-refractivity contribution is 5.89. The van der Waals surface area contributed by atoms with E-state index in [0.717, 1.165) is 31.2 Å². The maximum Gasteiger partial charge on any atom is 0.168 e. The Morgan fingerprint density at radius 3 is 2.25 bits per heavy atom. The second kappa shape index (κ2) is 6.09. The second-order valence-corrected chi connectivity index (χ2v) is 6.68. The van der Waals surface area contributed by atoms with Crippen LogP contribution >= 0.6 is 0 Å². The molecular weight excluding hydrogens is 248 g/mol. The first-order chi connectivity index (χ1) is 9.47. The molecule has 0 radical (unpaired) electrons. The fraction of sp³-hybridized carbons (Fsp3) is 0.611. The fourth-order valence-corrected chi connectivity index (χ4v) is 3.05. The number of carbonyl (C=O) groups excluding carboxylic acids is 1. The van der Waals surface area contributed by atoms with Gasteiger partial charge in [0.05, 0.1) is 0 Å². The molecule has 110 valence electrons. The third-order valence-corrected chi connectivity index (χ3v) is 4.55. The molecule has 0 atom stereocenters. The van der Waals surface area contributed by atoms with E-state index in [4.69, 9.17) is 4.74 Å². The van der Waals surface area contributed by atoms with Gasteiger partial charge in [0.25, 0.3) is 0 Å². The van der Waals surface area contributed by atoms with Gasteiger partial charge in [0.1, 0.15) is 5.60 Å². The molecule has 0 aliphatic heterocycles. The smallest absolute Gasteiger partial charge is 0.168 e. The Balaban J connectivity index is 2.10. The molecule has 1 aromatic carbocycles. The van der Waals surface area contributed by atoms with Crippen molar-refractivity contribution < 1.29 is 9.53 Å². The van der Waals surface area contributed by atoms with Gasteiger partial charge >= 0.3 is 0 Å². The normalized spacial score (nSPS) is 20.6. The molecular formula is C18H26O2. The van der Waals surface area contributed by atoms with E-state index >= 15 is 0 Å². The van der Waals surface area contributed by atoms with Crippen LogP contribution in [-0.2, 0) is 16.0 Å². The van der Waals surface area contributed by atoms with Crippen molar-refractivity contribution in [1.29, 1.82) is 0 Å². The lowest BCUT2D eigenvalue weighted by Gasteiger charge is -2.42. The number of hydrogen-bond acceptors (Lipinski definition) is 2. The van der Waals surface area contributed by atoms with Crippen LogP contribution in [0.15, 0.2) is 30.3 Å². The van der Waals surface area contributed by atoms with E-state index < -0.39 is 5.60 Å². The van der Waals surface area contributed by atoms with Crippen molar-refractivity contribution in [3.05, 3.63) is 35.9 Å². The summed E-state index contributed by atoms with van der Waals surface area (Å²) in [5.74, 6) is 0.251. The number of Topliss-reactive ketones (excluding diaryl/α,β-unsaturated/α-hetero) is 1. The first-order valence-corrected chi connectivity index (χ1v) is 7.69. The average Bonchev–Trinajstić information content (AvgIpc) is 2.43. The monoisotopic (exact) mass is 274 g/mol. The van der Waals surface area contributed by atoms with Crippen LogP contribution in [0.4, 0.5) is 0 Å². The quantitative estimate of drug-likeness (QED) is 0.805. The van der Waals surface area contributed by atoms with Crippen LogP contribution in [0, 0.1) is 5.41 Å². The van der Waals surface area contributed by atoms with Gasteiger partial charge in [0, 0.05) is 13.0 Å². The number of ether oxygens (including phenoxy) is 1. The molecule has 0 N–H and O–H groups in total. The molecule has 2 heteroatoms. The summed E-state index contributed by atoms with van der Waals surface area (Å²) in [5.41, 5.74) is 0.884. The van der Waals surface area contributed by atoms with Gasteiger partial charge in [-0.25, -0.2) is 0 Å². The molecule has 0 heterocycles. The Bertz CT molecular complexity index is 438. The van der Waals surface area contributed by atoms with Gasteiger partial charge in [-0.15, -0.1) is 0 Å². The van der Waals surface area contributed by atoms with Crippen LogP contribution < -0.4 is 0 Å². The Kier molecular flexibility index (Phi) is 4.64. The minimum atomic E-state index is -0.542. The van der Waals surface area contributed by atoms with E-state index in [9.17, 15) is 4.79 Å². The minimum absolute atomic E-state index is 0.251. The van der Waals surface area contributed by atoms with Crippen LogP contribution in [0.3, 0.4) is 0 Å². The number of benzene rings is 1. The zero-order valence-corrected chi connectivity index (χ0v) is 12.9. The predicted molar refractivity (Wildman–Crippen MR) is 81.8 cm³/mol. The van der Waals surface area contributed by atoms with Crippen LogP contribution in [0.25, 0.3) is 0 Å². The summed E-state index contributed by atoms with van der Waals surface area (Å²) >= 11 is 0. The Hall–Kier alpha value is -1.15. The van der Waals surface area contributed by atoms with E-state index in [1.54, 1.807) is 0 Å². The Morgan fingerprint density at radius 1 is 1.10 bits per heavy atom. The zero-order valence-electron chi connectivity index (χ0n) is 12.9. The molecule has 0 bridgehead atoms. The molecule has 0 amide bonds. The van der Waals surface area contributed by atoms with Crippen molar-refractivity contribution in [3.63, 3.8) is 0 Å². The third-order valence-electron chi connectivity index (χ3n) is 4.55. The minimum Gasteiger partial charge on any atom is -0.367 e. The van der Waals surface area contributed by atoms with Gasteiger partial charge in [-0.05, 0) is 43.6 Å². The molecule has 1 aliphatic rings. The van der Waals surface area contributed by atoms with Crippen LogP contribution in [0.2, 0.25) is 0 Å². The van der Waals surface area contributed by atoms with Crippen molar-refractivity contribution in [2.24, 2.45) is 5.41 Å². The molecule has 1 saturated carbocycles. The summed E-state index contributed by atoms with van der Waals surface area (Å²) in [6.45, 7) is 7.16. The molecule has 1 aliphatic carbocycles. The summed E-state index contributed by atoms with van der Waals surface area (Å²) in [6.07, 6.45) is 4.33. The van der Waals surface area contributed by atoms with Crippen LogP contribution in [0.5, 0.6) is 0 Å². The van der Waals surface area contributed by atoms with Gasteiger partial charge in [-0.3, -0.25) is 4.79 Å². The lowest BCUT2D eigenvalue weighted by Crippen LogP contribution is -2.47. The van der Waals surface area contributed by atoms with Crippen molar-refractivity contribution >= 4 is 5.78 Å². The van der Waals surface area contributed by atoms with Crippen molar-refractivity contribution in [2.45, 2.75) is 58.5 Å². The molecule has 2 nitrogen and oxygen atoms in total. The molecule has 0 unspecified atom stereocenters. The number of hydrogen-bond donors (Lipinski definition) is 0. The van der Waals surface area contributed by atoms with Crippen molar-refractivity contribution in [3.8, 4) is 0 Å². The second-order valence-electron chi connectivity index (χ2n) is 6.68. The average molecular weight is 274 g/mol. The third kappa shape index (κ3) is 3.49. The maximum absolute atomic E-state index is 12.8. The van der Waals surface area contributed by atoms with E-state index in [2.05, 4.69) is 13.8 Å². The lowest BCUT2D eigenvalue weighted by molar-refractivity contribution is -0.151. The number of rotatable bonds is 5. The highest BCUT2D eigenvalue weighted by Gasteiger charge is 2.44. The van der Waals surface area contributed by atoms with Gasteiger partial charge in [-0.2, -0.15) is 0 Å². The highest BCUT2D eigenvalue weighted by Crippen LogP contribution is 2.42. The fourth-order valence-electron chi connectivity index (χ4n) is 3.05. The van der Waals surface area contributed by atoms with E-state index in [-0.39, 0.29) is 5.78 Å². The predicted octanol–water partition coefficient (Wildman–Crippen LogP) is 4.17. The molecule has 1 fully saturated rings. The highest BCUT2D eigenvalue weighted by atomic mass is 16.5. The summed E-state index contributed by atoms with van der Waals surface area (Å²) in [5, 5.41) is 0. The Labute approximate surface area is 122 Å². The molecule has 2 rings (SSSR count).